The van der Waals surface area contributed by atoms with Crippen LogP contribution < -0.4 is 16.4 Å². The highest BCUT2D eigenvalue weighted by molar-refractivity contribution is 5.78. The molecule has 21 heavy (non-hydrogen) atoms. The minimum absolute atomic E-state index is 0.0572. The Bertz CT molecular complexity index is 465. The molecule has 1 fully saturated rings. The van der Waals surface area contributed by atoms with Crippen molar-refractivity contribution in [1.82, 2.24) is 10.6 Å². The summed E-state index contributed by atoms with van der Waals surface area (Å²) in [6.45, 7) is 8.71. The lowest BCUT2D eigenvalue weighted by Crippen LogP contribution is -2.50. The van der Waals surface area contributed by atoms with E-state index in [9.17, 15) is 4.79 Å². The maximum Gasteiger partial charge on any atom is 0.223 e. The van der Waals surface area contributed by atoms with Crippen molar-refractivity contribution in [2.24, 2.45) is 17.6 Å². The summed E-state index contributed by atoms with van der Waals surface area (Å²) in [6.07, 6.45) is 0. The molecule has 1 aliphatic rings. The molecule has 1 aliphatic heterocycles. The average Bonchev–Trinajstić information content (AvgIpc) is 2.42. The van der Waals surface area contributed by atoms with Gasteiger partial charge in [-0.25, -0.2) is 0 Å². The SMILES string of the molecule is CC(C)c1ccc(C(N)CNC(=O)C(C)C2CNC2)cc1. The summed E-state index contributed by atoms with van der Waals surface area (Å²) in [7, 11) is 0. The van der Waals surface area contributed by atoms with E-state index in [1.165, 1.54) is 5.56 Å². The van der Waals surface area contributed by atoms with E-state index >= 15 is 0 Å². The molecule has 4 nitrogen and oxygen atoms in total. The van der Waals surface area contributed by atoms with Gasteiger partial charge in [-0.1, -0.05) is 45.0 Å². The minimum Gasteiger partial charge on any atom is -0.354 e. The zero-order valence-electron chi connectivity index (χ0n) is 13.2. The number of benzene rings is 1. The van der Waals surface area contributed by atoms with Crippen molar-refractivity contribution >= 4 is 5.91 Å². The predicted molar refractivity (Wildman–Crippen MR) is 86.0 cm³/mol. The molecule has 1 aromatic carbocycles. The molecule has 2 atom stereocenters. The number of nitrogens with one attached hydrogen (secondary N) is 2. The van der Waals surface area contributed by atoms with Crippen LogP contribution in [0.3, 0.4) is 0 Å². The van der Waals surface area contributed by atoms with Gasteiger partial charge in [0.05, 0.1) is 0 Å². The molecule has 0 radical (unpaired) electrons. The normalized spacial score (nSPS) is 18.1. The van der Waals surface area contributed by atoms with Crippen LogP contribution >= 0.6 is 0 Å². The summed E-state index contributed by atoms with van der Waals surface area (Å²) in [6, 6.07) is 8.20. The predicted octanol–water partition coefficient (Wildman–Crippen LogP) is 1.78. The number of rotatable bonds is 6. The van der Waals surface area contributed by atoms with Gasteiger partial charge in [-0.2, -0.15) is 0 Å². The van der Waals surface area contributed by atoms with E-state index < -0.39 is 0 Å². The lowest BCUT2D eigenvalue weighted by Gasteiger charge is -2.32. The fourth-order valence-electron chi connectivity index (χ4n) is 2.50. The molecule has 4 heteroatoms. The summed E-state index contributed by atoms with van der Waals surface area (Å²) in [4.78, 5) is 12.1. The molecule has 0 bridgehead atoms. The third kappa shape index (κ3) is 4.05. The van der Waals surface area contributed by atoms with Crippen LogP contribution in [0.1, 0.15) is 43.9 Å². The molecule has 1 saturated heterocycles. The average molecular weight is 289 g/mol. The van der Waals surface area contributed by atoms with Crippen LogP contribution in [0.25, 0.3) is 0 Å². The van der Waals surface area contributed by atoms with E-state index in [4.69, 9.17) is 5.73 Å². The summed E-state index contributed by atoms with van der Waals surface area (Å²) < 4.78 is 0. The summed E-state index contributed by atoms with van der Waals surface area (Å²) >= 11 is 0. The van der Waals surface area contributed by atoms with Gasteiger partial charge in [-0.05, 0) is 36.1 Å². The van der Waals surface area contributed by atoms with Crippen molar-refractivity contribution in [3.63, 3.8) is 0 Å². The van der Waals surface area contributed by atoms with E-state index in [-0.39, 0.29) is 17.9 Å². The summed E-state index contributed by atoms with van der Waals surface area (Å²) in [5.74, 6) is 1.15. The van der Waals surface area contributed by atoms with E-state index in [1.807, 2.05) is 6.92 Å². The van der Waals surface area contributed by atoms with Crippen LogP contribution in [0.4, 0.5) is 0 Å². The van der Waals surface area contributed by atoms with E-state index in [0.717, 1.165) is 18.7 Å². The molecule has 1 aromatic rings. The Morgan fingerprint density at radius 2 is 1.81 bits per heavy atom. The molecular weight excluding hydrogens is 262 g/mol. The molecule has 2 rings (SSSR count). The molecule has 0 saturated carbocycles. The van der Waals surface area contributed by atoms with Crippen LogP contribution in [-0.4, -0.2) is 25.5 Å². The van der Waals surface area contributed by atoms with E-state index in [0.29, 0.717) is 18.4 Å². The van der Waals surface area contributed by atoms with Crippen molar-refractivity contribution in [3.05, 3.63) is 35.4 Å². The Kier molecular flexibility index (Phi) is 5.37. The van der Waals surface area contributed by atoms with Crippen LogP contribution in [0.5, 0.6) is 0 Å². The topological polar surface area (TPSA) is 67.1 Å². The second kappa shape index (κ2) is 7.05. The van der Waals surface area contributed by atoms with Crippen molar-refractivity contribution in [2.75, 3.05) is 19.6 Å². The fourth-order valence-corrected chi connectivity index (χ4v) is 2.50. The van der Waals surface area contributed by atoms with Gasteiger partial charge in [0.2, 0.25) is 5.91 Å². The number of amides is 1. The molecule has 0 spiro atoms. The Balaban J connectivity index is 1.83. The molecule has 116 valence electrons. The van der Waals surface area contributed by atoms with Gasteiger partial charge in [0.25, 0.3) is 0 Å². The van der Waals surface area contributed by atoms with E-state index in [2.05, 4.69) is 48.7 Å². The Morgan fingerprint density at radius 1 is 1.24 bits per heavy atom. The highest BCUT2D eigenvalue weighted by Gasteiger charge is 2.28. The van der Waals surface area contributed by atoms with Crippen LogP contribution in [0.2, 0.25) is 0 Å². The van der Waals surface area contributed by atoms with Crippen molar-refractivity contribution in [3.8, 4) is 0 Å². The lowest BCUT2D eigenvalue weighted by atomic mass is 9.88. The molecule has 0 aliphatic carbocycles. The minimum atomic E-state index is -0.151. The van der Waals surface area contributed by atoms with Gasteiger partial charge >= 0.3 is 0 Å². The quantitative estimate of drug-likeness (QED) is 0.748. The molecular formula is C17H27N3O. The van der Waals surface area contributed by atoms with Crippen LogP contribution in [0.15, 0.2) is 24.3 Å². The maximum absolute atomic E-state index is 12.1. The second-order valence-corrected chi connectivity index (χ2v) is 6.38. The first-order chi connectivity index (χ1) is 9.99. The van der Waals surface area contributed by atoms with Crippen molar-refractivity contribution in [2.45, 2.75) is 32.7 Å². The van der Waals surface area contributed by atoms with E-state index in [1.54, 1.807) is 0 Å². The number of carbonyl (C=O) groups is 1. The first-order valence-corrected chi connectivity index (χ1v) is 7.83. The Labute approximate surface area is 127 Å². The smallest absolute Gasteiger partial charge is 0.223 e. The Hall–Kier alpha value is -1.39. The maximum atomic E-state index is 12.1. The largest absolute Gasteiger partial charge is 0.354 e. The van der Waals surface area contributed by atoms with Crippen molar-refractivity contribution in [1.29, 1.82) is 0 Å². The number of carbonyl (C=O) groups excluding carboxylic acids is 1. The van der Waals surface area contributed by atoms with Gasteiger partial charge < -0.3 is 16.4 Å². The van der Waals surface area contributed by atoms with Gasteiger partial charge in [0.1, 0.15) is 0 Å². The standard InChI is InChI=1S/C17H27N3O/c1-11(2)13-4-6-14(7-5-13)16(18)10-20-17(21)12(3)15-8-19-9-15/h4-7,11-12,15-16,19H,8-10,18H2,1-3H3,(H,20,21). The summed E-state index contributed by atoms with van der Waals surface area (Å²) in [5.41, 5.74) is 8.54. The molecule has 2 unspecified atom stereocenters. The zero-order valence-corrected chi connectivity index (χ0v) is 13.2. The second-order valence-electron chi connectivity index (χ2n) is 6.38. The number of hydrogen-bond acceptors (Lipinski definition) is 3. The van der Waals surface area contributed by atoms with Crippen LogP contribution in [-0.2, 0) is 4.79 Å². The molecule has 1 heterocycles. The first kappa shape index (κ1) is 16.0. The highest BCUT2D eigenvalue weighted by Crippen LogP contribution is 2.18. The number of nitrogens with two attached hydrogens (primary N) is 1. The summed E-state index contributed by atoms with van der Waals surface area (Å²) in [5, 5.41) is 6.17. The zero-order chi connectivity index (χ0) is 15.4. The fraction of sp³-hybridized carbons (Fsp3) is 0.588. The first-order valence-electron chi connectivity index (χ1n) is 7.83. The Morgan fingerprint density at radius 3 is 2.29 bits per heavy atom. The lowest BCUT2D eigenvalue weighted by molar-refractivity contribution is -0.126. The molecule has 0 aromatic heterocycles. The van der Waals surface area contributed by atoms with Gasteiger partial charge in [-0.15, -0.1) is 0 Å². The third-order valence-corrected chi connectivity index (χ3v) is 4.46. The highest BCUT2D eigenvalue weighted by atomic mass is 16.1. The molecule has 1 amide bonds. The molecule has 4 N–H and O–H groups in total. The monoisotopic (exact) mass is 289 g/mol. The van der Waals surface area contributed by atoms with Crippen LogP contribution in [0, 0.1) is 11.8 Å². The van der Waals surface area contributed by atoms with Gasteiger partial charge in [-0.3, -0.25) is 4.79 Å². The van der Waals surface area contributed by atoms with Crippen molar-refractivity contribution < 1.29 is 4.79 Å². The number of hydrogen-bond donors (Lipinski definition) is 3. The van der Waals surface area contributed by atoms with Gasteiger partial charge in [0.15, 0.2) is 0 Å². The van der Waals surface area contributed by atoms with Gasteiger partial charge in [0, 0.05) is 18.5 Å². The third-order valence-electron chi connectivity index (χ3n) is 4.46.